The standard InChI is InChI=1S/C5HF7O/c1-2-3(6,4(7,8)9)13-5(10,11)12/h1H. The van der Waals surface area contributed by atoms with Gasteiger partial charge in [0, 0.05) is 0 Å². The minimum absolute atomic E-state index is 0.241. The van der Waals surface area contributed by atoms with E-state index in [1.807, 2.05) is 0 Å². The monoisotopic (exact) mass is 210 g/mol. The van der Waals surface area contributed by atoms with E-state index < -0.39 is 18.4 Å². The van der Waals surface area contributed by atoms with Crippen LogP contribution in [0.3, 0.4) is 0 Å². The molecule has 0 aromatic carbocycles. The van der Waals surface area contributed by atoms with Crippen LogP contribution in [-0.2, 0) is 4.74 Å². The van der Waals surface area contributed by atoms with Crippen LogP contribution in [0.1, 0.15) is 0 Å². The van der Waals surface area contributed by atoms with Gasteiger partial charge in [-0.25, -0.2) is 4.74 Å². The number of halogens is 7. The second-order valence-electron chi connectivity index (χ2n) is 1.79. The van der Waals surface area contributed by atoms with Crippen LogP contribution < -0.4 is 0 Å². The minimum Gasteiger partial charge on any atom is -0.235 e. The molecule has 0 heterocycles. The molecule has 1 unspecified atom stereocenters. The lowest BCUT2D eigenvalue weighted by Crippen LogP contribution is -2.45. The van der Waals surface area contributed by atoms with Gasteiger partial charge < -0.3 is 0 Å². The van der Waals surface area contributed by atoms with Gasteiger partial charge in [0.1, 0.15) is 0 Å². The molecule has 0 bridgehead atoms. The third-order valence-electron chi connectivity index (χ3n) is 0.807. The van der Waals surface area contributed by atoms with Crippen molar-refractivity contribution >= 4 is 0 Å². The van der Waals surface area contributed by atoms with Crippen LogP contribution in [-0.4, -0.2) is 18.4 Å². The topological polar surface area (TPSA) is 9.23 Å². The first-order valence-corrected chi connectivity index (χ1v) is 2.52. The zero-order valence-corrected chi connectivity index (χ0v) is 5.63. The second-order valence-corrected chi connectivity index (χ2v) is 1.79. The number of terminal acetylenes is 1. The molecule has 0 aliphatic rings. The second kappa shape index (κ2) is 3.06. The third kappa shape index (κ3) is 3.10. The summed E-state index contributed by atoms with van der Waals surface area (Å²) < 4.78 is 82.4. The van der Waals surface area contributed by atoms with Crippen LogP contribution in [0.15, 0.2) is 0 Å². The number of hydrogen-bond acceptors (Lipinski definition) is 1. The lowest BCUT2D eigenvalue weighted by Gasteiger charge is -2.23. The van der Waals surface area contributed by atoms with E-state index in [0.29, 0.717) is 0 Å². The Hall–Kier alpha value is -0.970. The van der Waals surface area contributed by atoms with E-state index in [2.05, 4.69) is 11.2 Å². The zero-order chi connectivity index (χ0) is 10.9. The summed E-state index contributed by atoms with van der Waals surface area (Å²) >= 11 is 0. The van der Waals surface area contributed by atoms with Gasteiger partial charge in [0.25, 0.3) is 0 Å². The van der Waals surface area contributed by atoms with Gasteiger partial charge in [-0.3, -0.25) is 0 Å². The predicted molar refractivity (Wildman–Crippen MR) is 25.9 cm³/mol. The third-order valence-corrected chi connectivity index (χ3v) is 0.807. The lowest BCUT2D eigenvalue weighted by atomic mass is 10.3. The van der Waals surface area contributed by atoms with Crippen LogP contribution >= 0.6 is 0 Å². The van der Waals surface area contributed by atoms with Crippen LogP contribution in [0, 0.1) is 12.3 Å². The molecule has 8 heteroatoms. The summed E-state index contributed by atoms with van der Waals surface area (Å²) in [5.41, 5.74) is 0. The fourth-order valence-electron chi connectivity index (χ4n) is 0.329. The lowest BCUT2D eigenvalue weighted by molar-refractivity contribution is -0.429. The first kappa shape index (κ1) is 12.0. The van der Waals surface area contributed by atoms with Gasteiger partial charge in [0.2, 0.25) is 0 Å². The highest BCUT2D eigenvalue weighted by atomic mass is 19.4. The highest BCUT2D eigenvalue weighted by molar-refractivity contribution is 5.06. The molecule has 0 fully saturated rings. The van der Waals surface area contributed by atoms with E-state index in [1.165, 1.54) is 0 Å². The molecule has 0 aliphatic carbocycles. The Morgan fingerprint density at radius 3 is 1.38 bits per heavy atom. The fraction of sp³-hybridized carbons (Fsp3) is 0.600. The molecule has 76 valence electrons. The Morgan fingerprint density at radius 2 is 1.31 bits per heavy atom. The molecular formula is C5HF7O. The molecule has 0 amide bonds. The average Bonchev–Trinajstić information content (AvgIpc) is 1.81. The summed E-state index contributed by atoms with van der Waals surface area (Å²) in [4.78, 5) is 0. The molecule has 13 heavy (non-hydrogen) atoms. The smallest absolute Gasteiger partial charge is 0.235 e. The Morgan fingerprint density at radius 1 is 0.923 bits per heavy atom. The van der Waals surface area contributed by atoms with Gasteiger partial charge in [-0.15, -0.1) is 19.6 Å². The van der Waals surface area contributed by atoms with Crippen molar-refractivity contribution in [1.82, 2.24) is 0 Å². The van der Waals surface area contributed by atoms with Crippen molar-refractivity contribution in [2.75, 3.05) is 0 Å². The largest absolute Gasteiger partial charge is 0.526 e. The molecule has 0 rings (SSSR count). The van der Waals surface area contributed by atoms with E-state index in [0.717, 1.165) is 0 Å². The quantitative estimate of drug-likeness (QED) is 0.476. The first-order chi connectivity index (χ1) is 5.52. The molecule has 1 atom stereocenters. The molecular weight excluding hydrogens is 209 g/mol. The van der Waals surface area contributed by atoms with Crippen molar-refractivity contribution in [3.63, 3.8) is 0 Å². The van der Waals surface area contributed by atoms with E-state index in [9.17, 15) is 30.7 Å². The van der Waals surface area contributed by atoms with Gasteiger partial charge in [0.15, 0.2) is 0 Å². The molecule has 0 radical (unpaired) electrons. The maximum absolute atomic E-state index is 12.2. The summed E-state index contributed by atoms with van der Waals surface area (Å²) in [5.74, 6) is -4.89. The molecule has 0 aliphatic heterocycles. The SMILES string of the molecule is C#CC(F)(OC(F)(F)F)C(F)(F)F. The van der Waals surface area contributed by atoms with Gasteiger partial charge in [-0.2, -0.15) is 17.6 Å². The Bertz CT molecular complexity index is 221. The van der Waals surface area contributed by atoms with Gasteiger partial charge in [-0.1, -0.05) is 0 Å². The van der Waals surface area contributed by atoms with Crippen molar-refractivity contribution in [1.29, 1.82) is 0 Å². The summed E-state index contributed by atoms with van der Waals surface area (Å²) in [6.07, 6.45) is -7.80. The van der Waals surface area contributed by atoms with Gasteiger partial charge >= 0.3 is 18.4 Å². The molecule has 0 saturated carbocycles. The molecule has 1 nitrogen and oxygen atoms in total. The van der Waals surface area contributed by atoms with Crippen molar-refractivity contribution < 1.29 is 35.5 Å². The van der Waals surface area contributed by atoms with E-state index in [1.54, 1.807) is 0 Å². The Kier molecular flexibility index (Phi) is 2.84. The van der Waals surface area contributed by atoms with E-state index in [4.69, 9.17) is 0 Å². The highest BCUT2D eigenvalue weighted by Gasteiger charge is 2.62. The van der Waals surface area contributed by atoms with Crippen LogP contribution in [0.2, 0.25) is 0 Å². The summed E-state index contributed by atoms with van der Waals surface area (Å²) in [6, 6.07) is 0. The van der Waals surface area contributed by atoms with Gasteiger partial charge in [-0.05, 0) is 5.92 Å². The number of rotatable bonds is 1. The number of hydrogen-bond donors (Lipinski definition) is 0. The summed E-state index contributed by atoms with van der Waals surface area (Å²) in [7, 11) is 0. The van der Waals surface area contributed by atoms with Crippen molar-refractivity contribution in [3.05, 3.63) is 0 Å². The van der Waals surface area contributed by atoms with E-state index >= 15 is 0 Å². The first-order valence-electron chi connectivity index (χ1n) is 2.52. The Labute approximate surface area is 67.5 Å². The molecule has 0 aromatic heterocycles. The minimum atomic E-state index is -5.93. The van der Waals surface area contributed by atoms with Crippen molar-refractivity contribution in [2.45, 2.75) is 18.4 Å². The van der Waals surface area contributed by atoms with Crippen molar-refractivity contribution in [2.24, 2.45) is 0 Å². The van der Waals surface area contributed by atoms with Crippen LogP contribution in [0.5, 0.6) is 0 Å². The average molecular weight is 210 g/mol. The Balaban J connectivity index is 4.81. The highest BCUT2D eigenvalue weighted by Crippen LogP contribution is 2.38. The van der Waals surface area contributed by atoms with Crippen molar-refractivity contribution in [3.8, 4) is 12.3 Å². The molecule has 0 N–H and O–H groups in total. The summed E-state index contributed by atoms with van der Waals surface area (Å²) in [6.45, 7) is 0. The molecule has 0 aromatic rings. The number of alkyl halides is 7. The normalized spacial score (nSPS) is 17.7. The molecule has 0 spiro atoms. The summed E-state index contributed by atoms with van der Waals surface area (Å²) in [5, 5.41) is 0. The van der Waals surface area contributed by atoms with E-state index in [-0.39, 0.29) is 5.92 Å². The zero-order valence-electron chi connectivity index (χ0n) is 5.63. The fourth-order valence-corrected chi connectivity index (χ4v) is 0.329. The maximum atomic E-state index is 12.2. The van der Waals surface area contributed by atoms with Crippen LogP contribution in [0.4, 0.5) is 30.7 Å². The predicted octanol–water partition coefficient (Wildman–Crippen LogP) is 2.38. The molecule has 0 saturated heterocycles. The maximum Gasteiger partial charge on any atom is 0.526 e. The van der Waals surface area contributed by atoms with Crippen LogP contribution in [0.25, 0.3) is 0 Å². The number of ether oxygens (including phenoxy) is 1. The van der Waals surface area contributed by atoms with Gasteiger partial charge in [0.05, 0.1) is 0 Å².